The maximum atomic E-state index is 2.46. The molecule has 0 aliphatic rings. The van der Waals surface area contributed by atoms with Crippen LogP contribution in [-0.2, 0) is 0 Å². The molecule has 2 nitrogen and oxygen atoms in total. The van der Waals surface area contributed by atoms with Gasteiger partial charge in [0.2, 0.25) is 8.40 Å². The lowest BCUT2D eigenvalue weighted by atomic mass is 10.3. The van der Waals surface area contributed by atoms with E-state index in [-0.39, 0.29) is 0 Å². The highest BCUT2D eigenvalue weighted by molar-refractivity contribution is 6.87. The van der Waals surface area contributed by atoms with Crippen LogP contribution >= 0.6 is 0 Å². The molecule has 0 radical (unpaired) electrons. The van der Waals surface area contributed by atoms with Crippen molar-refractivity contribution < 1.29 is 0 Å². The van der Waals surface area contributed by atoms with Crippen LogP contribution in [0.2, 0.25) is 6.04 Å². The molecule has 0 aliphatic heterocycles. The third-order valence-electron chi connectivity index (χ3n) is 3.41. The van der Waals surface area contributed by atoms with Crippen molar-refractivity contribution >= 4 is 13.6 Å². The molecule has 1 aromatic rings. The standard InChI is InChI=1S/C14H26N2Si/c1-13(2)12-17(15(3)4,16(5)6)14-10-8-7-9-11-14/h7-11,13H,12H2,1-6H3. The van der Waals surface area contributed by atoms with Gasteiger partial charge in [0, 0.05) is 0 Å². The summed E-state index contributed by atoms with van der Waals surface area (Å²) >= 11 is 0. The van der Waals surface area contributed by atoms with Gasteiger partial charge < -0.3 is 9.13 Å². The highest BCUT2D eigenvalue weighted by Crippen LogP contribution is 2.21. The zero-order valence-electron chi connectivity index (χ0n) is 12.1. The van der Waals surface area contributed by atoms with Crippen LogP contribution in [0, 0.1) is 5.92 Å². The second-order valence-electron chi connectivity index (χ2n) is 5.57. The Kier molecular flexibility index (Phi) is 4.92. The average molecular weight is 250 g/mol. The fourth-order valence-corrected chi connectivity index (χ4v) is 7.34. The van der Waals surface area contributed by atoms with E-state index in [2.05, 4.69) is 81.5 Å². The van der Waals surface area contributed by atoms with E-state index in [1.54, 1.807) is 0 Å². The first-order valence-corrected chi connectivity index (χ1v) is 8.41. The number of benzene rings is 1. The van der Waals surface area contributed by atoms with E-state index < -0.39 is 8.40 Å². The highest BCUT2D eigenvalue weighted by atomic mass is 28.3. The molecule has 3 heteroatoms. The van der Waals surface area contributed by atoms with E-state index >= 15 is 0 Å². The molecule has 17 heavy (non-hydrogen) atoms. The van der Waals surface area contributed by atoms with E-state index in [1.165, 1.54) is 11.2 Å². The molecule has 0 aromatic heterocycles. The zero-order valence-corrected chi connectivity index (χ0v) is 13.1. The Morgan fingerprint density at radius 3 is 1.76 bits per heavy atom. The summed E-state index contributed by atoms with van der Waals surface area (Å²) in [7, 11) is 7.17. The monoisotopic (exact) mass is 250 g/mol. The lowest BCUT2D eigenvalue weighted by Gasteiger charge is -2.44. The van der Waals surface area contributed by atoms with Crippen LogP contribution in [0.4, 0.5) is 0 Å². The fraction of sp³-hybridized carbons (Fsp3) is 0.571. The quantitative estimate of drug-likeness (QED) is 0.739. The summed E-state index contributed by atoms with van der Waals surface area (Å²) in [5, 5.41) is 1.50. The minimum absolute atomic E-state index is 0.715. The first kappa shape index (κ1) is 14.4. The van der Waals surface area contributed by atoms with Gasteiger partial charge in [-0.1, -0.05) is 44.2 Å². The van der Waals surface area contributed by atoms with Gasteiger partial charge in [-0.2, -0.15) is 0 Å². The molecule has 0 bridgehead atoms. The SMILES string of the molecule is CC(C)C[Si](c1ccccc1)(N(C)C)N(C)C. The summed E-state index contributed by atoms with van der Waals surface area (Å²) in [4.78, 5) is 0. The molecular weight excluding hydrogens is 224 g/mol. The molecule has 0 heterocycles. The topological polar surface area (TPSA) is 6.48 Å². The molecule has 0 unspecified atom stereocenters. The van der Waals surface area contributed by atoms with Gasteiger partial charge in [-0.3, -0.25) is 0 Å². The molecule has 0 N–H and O–H groups in total. The smallest absolute Gasteiger partial charge is 0.239 e. The van der Waals surface area contributed by atoms with Crippen molar-refractivity contribution in [2.75, 3.05) is 28.2 Å². The number of rotatable bonds is 5. The van der Waals surface area contributed by atoms with Gasteiger partial charge in [-0.15, -0.1) is 0 Å². The lowest BCUT2D eigenvalue weighted by Crippen LogP contribution is -2.69. The fourth-order valence-electron chi connectivity index (χ4n) is 2.67. The van der Waals surface area contributed by atoms with Crippen molar-refractivity contribution in [1.29, 1.82) is 0 Å². The second-order valence-corrected chi connectivity index (χ2v) is 9.98. The summed E-state index contributed by atoms with van der Waals surface area (Å²) < 4.78 is 4.92. The summed E-state index contributed by atoms with van der Waals surface area (Å²) in [5.41, 5.74) is 0. The van der Waals surface area contributed by atoms with Crippen LogP contribution in [0.3, 0.4) is 0 Å². The molecular formula is C14H26N2Si. The van der Waals surface area contributed by atoms with Crippen LogP contribution < -0.4 is 5.19 Å². The Morgan fingerprint density at radius 2 is 1.41 bits per heavy atom. The molecule has 0 saturated heterocycles. The van der Waals surface area contributed by atoms with Crippen molar-refractivity contribution in [1.82, 2.24) is 9.13 Å². The summed E-state index contributed by atoms with van der Waals surface area (Å²) in [6.07, 6.45) is 0. The molecule has 0 aliphatic carbocycles. The summed E-state index contributed by atoms with van der Waals surface area (Å²) in [6, 6.07) is 12.2. The van der Waals surface area contributed by atoms with Crippen LogP contribution in [-0.4, -0.2) is 45.7 Å². The molecule has 1 aromatic carbocycles. The summed E-state index contributed by atoms with van der Waals surface area (Å²) in [5.74, 6) is 0.715. The van der Waals surface area contributed by atoms with Crippen molar-refractivity contribution in [3.8, 4) is 0 Å². The largest absolute Gasteiger partial charge is 0.314 e. The number of nitrogens with zero attached hydrogens (tertiary/aromatic N) is 2. The second kappa shape index (κ2) is 5.80. The van der Waals surface area contributed by atoms with Gasteiger partial charge in [0.1, 0.15) is 0 Å². The van der Waals surface area contributed by atoms with E-state index in [0.717, 1.165) is 0 Å². The van der Waals surface area contributed by atoms with Crippen molar-refractivity contribution in [3.63, 3.8) is 0 Å². The van der Waals surface area contributed by atoms with Crippen molar-refractivity contribution in [2.24, 2.45) is 5.92 Å². The number of hydrogen-bond donors (Lipinski definition) is 0. The van der Waals surface area contributed by atoms with Gasteiger partial charge >= 0.3 is 0 Å². The van der Waals surface area contributed by atoms with Crippen molar-refractivity contribution in [2.45, 2.75) is 19.9 Å². The zero-order chi connectivity index (χ0) is 13.1. The van der Waals surface area contributed by atoms with Crippen molar-refractivity contribution in [3.05, 3.63) is 30.3 Å². The Labute approximate surface area is 107 Å². The Bertz CT molecular complexity index is 325. The van der Waals surface area contributed by atoms with Crippen LogP contribution in [0.5, 0.6) is 0 Å². The van der Waals surface area contributed by atoms with Crippen LogP contribution in [0.25, 0.3) is 0 Å². The van der Waals surface area contributed by atoms with Gasteiger partial charge in [0.25, 0.3) is 0 Å². The lowest BCUT2D eigenvalue weighted by molar-refractivity contribution is 0.476. The molecule has 0 amide bonds. The summed E-state index contributed by atoms with van der Waals surface area (Å²) in [6.45, 7) is 4.63. The third-order valence-corrected chi connectivity index (χ3v) is 9.01. The van der Waals surface area contributed by atoms with Gasteiger partial charge in [0.15, 0.2) is 0 Å². The average Bonchev–Trinajstić information content (AvgIpc) is 2.25. The maximum Gasteiger partial charge on any atom is 0.239 e. The molecule has 0 fully saturated rings. The van der Waals surface area contributed by atoms with E-state index in [9.17, 15) is 0 Å². The Morgan fingerprint density at radius 1 is 0.941 bits per heavy atom. The number of hydrogen-bond acceptors (Lipinski definition) is 2. The minimum atomic E-state index is -1.72. The van der Waals surface area contributed by atoms with Gasteiger partial charge in [-0.05, 0) is 45.3 Å². The molecule has 0 saturated carbocycles. The first-order chi connectivity index (χ1) is 7.91. The third kappa shape index (κ3) is 2.97. The molecule has 0 atom stereocenters. The molecule has 1 rings (SSSR count). The Balaban J connectivity index is 3.25. The minimum Gasteiger partial charge on any atom is -0.314 e. The first-order valence-electron chi connectivity index (χ1n) is 6.31. The predicted molar refractivity (Wildman–Crippen MR) is 78.8 cm³/mol. The van der Waals surface area contributed by atoms with E-state index in [4.69, 9.17) is 0 Å². The predicted octanol–water partition coefficient (Wildman–Crippen LogP) is 2.12. The molecule has 0 spiro atoms. The van der Waals surface area contributed by atoms with Gasteiger partial charge in [0.05, 0.1) is 0 Å². The van der Waals surface area contributed by atoms with Crippen LogP contribution in [0.1, 0.15) is 13.8 Å². The van der Waals surface area contributed by atoms with E-state index in [1.807, 2.05) is 0 Å². The highest BCUT2D eigenvalue weighted by Gasteiger charge is 2.41. The van der Waals surface area contributed by atoms with Gasteiger partial charge in [-0.25, -0.2) is 0 Å². The van der Waals surface area contributed by atoms with E-state index in [0.29, 0.717) is 5.92 Å². The Hall–Kier alpha value is -0.643. The maximum absolute atomic E-state index is 2.46. The molecule has 96 valence electrons. The van der Waals surface area contributed by atoms with Crippen LogP contribution in [0.15, 0.2) is 30.3 Å². The normalized spacial score (nSPS) is 12.8.